The Hall–Kier alpha value is -0.770. The molecule has 0 spiro atoms. The molecule has 90 valence electrons. The number of hydrogen-bond acceptors (Lipinski definition) is 3. The third-order valence-electron chi connectivity index (χ3n) is 2.82. The fraction of sp³-hybridized carbons (Fsp3) is 0.286. The second-order valence-electron chi connectivity index (χ2n) is 3.99. The van der Waals surface area contributed by atoms with Crippen molar-refractivity contribution in [2.75, 3.05) is 13.3 Å². The number of aryl methyl sites for hydroxylation is 1. The van der Waals surface area contributed by atoms with Crippen LogP contribution in [0.25, 0.3) is 0 Å². The van der Waals surface area contributed by atoms with E-state index in [2.05, 4.69) is 54.2 Å². The quantitative estimate of drug-likeness (QED) is 0.834. The van der Waals surface area contributed by atoms with Gasteiger partial charge in [-0.3, -0.25) is 0 Å². The van der Waals surface area contributed by atoms with Crippen LogP contribution in [0.3, 0.4) is 0 Å². The van der Waals surface area contributed by atoms with Crippen molar-refractivity contribution >= 4 is 23.1 Å². The number of hydrogen-bond donors (Lipinski definition) is 1. The number of thiophene rings is 1. The molecular formula is C14H17NS2. The lowest BCUT2D eigenvalue weighted by molar-refractivity contribution is 0.693. The van der Waals surface area contributed by atoms with Crippen LogP contribution in [0.1, 0.15) is 22.0 Å². The van der Waals surface area contributed by atoms with Gasteiger partial charge in [-0.2, -0.15) is 0 Å². The molecule has 1 aromatic heterocycles. The topological polar surface area (TPSA) is 12.0 Å². The maximum atomic E-state index is 3.39. The van der Waals surface area contributed by atoms with Gasteiger partial charge < -0.3 is 5.32 Å². The first-order valence-corrected chi connectivity index (χ1v) is 7.71. The number of thioether (sulfide) groups is 1. The summed E-state index contributed by atoms with van der Waals surface area (Å²) in [5.74, 6) is 0. The van der Waals surface area contributed by atoms with Crippen molar-refractivity contribution in [1.82, 2.24) is 5.32 Å². The van der Waals surface area contributed by atoms with E-state index in [9.17, 15) is 0 Å². The molecule has 0 saturated heterocycles. The summed E-state index contributed by atoms with van der Waals surface area (Å²) in [5, 5.41) is 5.62. The van der Waals surface area contributed by atoms with Crippen molar-refractivity contribution in [2.24, 2.45) is 0 Å². The molecule has 1 atom stereocenters. The molecule has 1 nitrogen and oxygen atoms in total. The van der Waals surface area contributed by atoms with E-state index in [0.717, 1.165) is 0 Å². The summed E-state index contributed by atoms with van der Waals surface area (Å²) in [6.07, 6.45) is 2.10. The largest absolute Gasteiger partial charge is 0.309 e. The van der Waals surface area contributed by atoms with E-state index >= 15 is 0 Å². The van der Waals surface area contributed by atoms with Crippen LogP contribution in [0.4, 0.5) is 0 Å². The van der Waals surface area contributed by atoms with Gasteiger partial charge in [0.15, 0.2) is 0 Å². The number of benzene rings is 1. The lowest BCUT2D eigenvalue weighted by atomic mass is 10.0. The normalized spacial score (nSPS) is 12.6. The molecule has 0 aliphatic carbocycles. The molecule has 0 saturated carbocycles. The summed E-state index contributed by atoms with van der Waals surface area (Å²) in [4.78, 5) is 2.67. The third-order valence-corrected chi connectivity index (χ3v) is 4.45. The molecular weight excluding hydrogens is 246 g/mol. The average Bonchev–Trinajstić information content (AvgIpc) is 2.78. The van der Waals surface area contributed by atoms with Gasteiger partial charge >= 0.3 is 0 Å². The van der Waals surface area contributed by atoms with Crippen LogP contribution in [0.15, 0.2) is 40.6 Å². The van der Waals surface area contributed by atoms with Gasteiger partial charge in [-0.15, -0.1) is 23.1 Å². The monoisotopic (exact) mass is 263 g/mol. The first-order valence-electron chi connectivity index (χ1n) is 5.61. The molecule has 0 amide bonds. The molecule has 2 aromatic rings. The molecule has 1 heterocycles. The zero-order chi connectivity index (χ0) is 12.3. The molecule has 17 heavy (non-hydrogen) atoms. The van der Waals surface area contributed by atoms with Crippen LogP contribution >= 0.6 is 23.1 Å². The smallest absolute Gasteiger partial charge is 0.0582 e. The molecule has 1 aromatic carbocycles. The van der Waals surface area contributed by atoms with Crippen molar-refractivity contribution in [3.63, 3.8) is 0 Å². The highest BCUT2D eigenvalue weighted by molar-refractivity contribution is 7.98. The van der Waals surface area contributed by atoms with Gasteiger partial charge in [-0.05, 0) is 54.9 Å². The number of nitrogens with one attached hydrogen (secondary N) is 1. The maximum Gasteiger partial charge on any atom is 0.0582 e. The van der Waals surface area contributed by atoms with Crippen LogP contribution in [-0.2, 0) is 0 Å². The van der Waals surface area contributed by atoms with Crippen LogP contribution in [-0.4, -0.2) is 13.3 Å². The highest BCUT2D eigenvalue weighted by Gasteiger charge is 2.12. The Balaban J connectivity index is 2.28. The summed E-state index contributed by atoms with van der Waals surface area (Å²) in [6.45, 7) is 2.15. The lowest BCUT2D eigenvalue weighted by Gasteiger charge is -2.15. The summed E-state index contributed by atoms with van der Waals surface area (Å²) in [5.41, 5.74) is 2.68. The maximum absolute atomic E-state index is 3.39. The Labute approximate surface area is 111 Å². The molecule has 3 heteroatoms. The second-order valence-corrected chi connectivity index (χ2v) is 5.98. The van der Waals surface area contributed by atoms with E-state index in [1.807, 2.05) is 7.05 Å². The van der Waals surface area contributed by atoms with Gasteiger partial charge in [-0.1, -0.05) is 12.1 Å². The second kappa shape index (κ2) is 5.71. The fourth-order valence-electron chi connectivity index (χ4n) is 1.94. The highest BCUT2D eigenvalue weighted by Crippen LogP contribution is 2.27. The lowest BCUT2D eigenvalue weighted by Crippen LogP contribution is -2.16. The van der Waals surface area contributed by atoms with E-state index in [1.165, 1.54) is 20.9 Å². The van der Waals surface area contributed by atoms with Gasteiger partial charge in [-0.25, -0.2) is 0 Å². The minimum absolute atomic E-state index is 0.302. The molecule has 0 aliphatic heterocycles. The first-order chi connectivity index (χ1) is 8.24. The van der Waals surface area contributed by atoms with Gasteiger partial charge in [0.2, 0.25) is 0 Å². The average molecular weight is 263 g/mol. The van der Waals surface area contributed by atoms with Crippen LogP contribution in [0, 0.1) is 6.92 Å². The summed E-state index contributed by atoms with van der Waals surface area (Å²) < 4.78 is 0. The molecule has 1 N–H and O–H groups in total. The SMILES string of the molecule is CNC(c1ccc(SC)cc1)c1csc(C)c1. The molecule has 0 bridgehead atoms. The van der Waals surface area contributed by atoms with E-state index in [-0.39, 0.29) is 0 Å². The van der Waals surface area contributed by atoms with E-state index in [1.54, 1.807) is 23.1 Å². The predicted molar refractivity (Wildman–Crippen MR) is 78.2 cm³/mol. The minimum atomic E-state index is 0.302. The molecule has 0 aliphatic rings. The van der Waals surface area contributed by atoms with E-state index < -0.39 is 0 Å². The zero-order valence-corrected chi connectivity index (χ0v) is 12.0. The van der Waals surface area contributed by atoms with Gasteiger partial charge in [0.25, 0.3) is 0 Å². The molecule has 2 rings (SSSR count). The summed E-state index contributed by atoms with van der Waals surface area (Å²) >= 11 is 3.58. The minimum Gasteiger partial charge on any atom is -0.309 e. The third kappa shape index (κ3) is 2.92. The van der Waals surface area contributed by atoms with Crippen molar-refractivity contribution in [2.45, 2.75) is 17.9 Å². The van der Waals surface area contributed by atoms with Gasteiger partial charge in [0.05, 0.1) is 6.04 Å². The standard InChI is InChI=1S/C14H17NS2/c1-10-8-12(9-17-10)14(15-2)11-4-6-13(16-3)7-5-11/h4-9,14-15H,1-3H3. The van der Waals surface area contributed by atoms with Crippen LogP contribution in [0.5, 0.6) is 0 Å². The Bertz CT molecular complexity index is 473. The van der Waals surface area contributed by atoms with Crippen molar-refractivity contribution in [3.05, 3.63) is 51.7 Å². The van der Waals surface area contributed by atoms with Crippen molar-refractivity contribution < 1.29 is 0 Å². The summed E-state index contributed by atoms with van der Waals surface area (Å²) in [6, 6.07) is 11.3. The van der Waals surface area contributed by atoms with Crippen LogP contribution in [0.2, 0.25) is 0 Å². The first kappa shape index (κ1) is 12.7. The Morgan fingerprint density at radius 1 is 1.18 bits per heavy atom. The Morgan fingerprint density at radius 2 is 1.88 bits per heavy atom. The van der Waals surface area contributed by atoms with Gasteiger partial charge in [0, 0.05) is 9.77 Å². The Kier molecular flexibility index (Phi) is 4.26. The highest BCUT2D eigenvalue weighted by atomic mass is 32.2. The van der Waals surface area contributed by atoms with Gasteiger partial charge in [0.1, 0.15) is 0 Å². The summed E-state index contributed by atoms with van der Waals surface area (Å²) in [7, 11) is 2.01. The van der Waals surface area contributed by atoms with Crippen molar-refractivity contribution in [3.8, 4) is 0 Å². The van der Waals surface area contributed by atoms with E-state index in [0.29, 0.717) is 6.04 Å². The molecule has 0 fully saturated rings. The molecule has 0 radical (unpaired) electrons. The predicted octanol–water partition coefficient (Wildman–Crippen LogP) is 4.09. The molecule has 1 unspecified atom stereocenters. The van der Waals surface area contributed by atoms with Crippen molar-refractivity contribution in [1.29, 1.82) is 0 Å². The fourth-order valence-corrected chi connectivity index (χ4v) is 3.08. The Morgan fingerprint density at radius 3 is 2.35 bits per heavy atom. The number of rotatable bonds is 4. The zero-order valence-electron chi connectivity index (χ0n) is 10.4. The van der Waals surface area contributed by atoms with Crippen LogP contribution < -0.4 is 5.32 Å². The van der Waals surface area contributed by atoms with E-state index in [4.69, 9.17) is 0 Å².